The number of thiazole rings is 2. The van der Waals surface area contributed by atoms with Gasteiger partial charge in [-0.2, -0.15) is 0 Å². The number of benzene rings is 8. The minimum Gasteiger partial charge on any atom is -0.236 e. The molecule has 0 bridgehead atoms. The minimum atomic E-state index is -0.646. The topological polar surface area (TPSA) is 25.8 Å². The first-order valence-electron chi connectivity index (χ1n) is 20.6. The molecular formula is C56H42N2S2. The highest BCUT2D eigenvalue weighted by molar-refractivity contribution is 7.22. The Morgan fingerprint density at radius 3 is 1.05 bits per heavy atom. The summed E-state index contributed by atoms with van der Waals surface area (Å²) in [4.78, 5) is 10.5. The second-order valence-electron chi connectivity index (χ2n) is 16.3. The predicted molar refractivity (Wildman–Crippen MR) is 253 cm³/mol. The van der Waals surface area contributed by atoms with Crippen molar-refractivity contribution in [2.45, 2.75) is 38.5 Å². The van der Waals surface area contributed by atoms with Crippen LogP contribution in [0.25, 0.3) is 41.6 Å². The third-order valence-electron chi connectivity index (χ3n) is 13.0. The molecule has 4 heteroatoms. The first-order valence-corrected chi connectivity index (χ1v) is 22.3. The van der Waals surface area contributed by atoms with Gasteiger partial charge in [-0.25, -0.2) is 9.97 Å². The Bertz CT molecular complexity index is 2920. The van der Waals surface area contributed by atoms with E-state index >= 15 is 0 Å². The van der Waals surface area contributed by atoms with Crippen molar-refractivity contribution < 1.29 is 0 Å². The fraction of sp³-hybridized carbons (Fsp3) is 0.107. The van der Waals surface area contributed by atoms with Crippen LogP contribution in [0.2, 0.25) is 0 Å². The zero-order chi connectivity index (χ0) is 40.6. The first-order chi connectivity index (χ1) is 29.3. The Morgan fingerprint density at radius 1 is 0.333 bits per heavy atom. The number of aromatic nitrogens is 2. The van der Waals surface area contributed by atoms with Crippen molar-refractivity contribution in [3.05, 3.63) is 249 Å². The second-order valence-corrected chi connectivity index (χ2v) is 18.4. The van der Waals surface area contributed by atoms with E-state index in [-0.39, 0.29) is 0 Å². The van der Waals surface area contributed by atoms with E-state index in [0.29, 0.717) is 0 Å². The van der Waals surface area contributed by atoms with Crippen LogP contribution in [0.3, 0.4) is 0 Å². The van der Waals surface area contributed by atoms with E-state index in [4.69, 9.17) is 9.97 Å². The molecule has 10 aromatic rings. The van der Waals surface area contributed by atoms with Crippen molar-refractivity contribution in [3.8, 4) is 21.1 Å². The Morgan fingerprint density at radius 2 is 0.667 bits per heavy atom. The Kier molecular flexibility index (Phi) is 8.59. The fourth-order valence-corrected chi connectivity index (χ4v) is 12.0. The SMILES string of the molecule is Cc1cc2nc(-c3cccc(C4(c5ccccc5)c5ccccc5C(c5ccccc5)(c5cccc(-c6nc7cc(C)c(C)cc7s6)c5)c5ccccc54)c3)sc2cc1C. The van der Waals surface area contributed by atoms with Crippen LogP contribution >= 0.6 is 22.7 Å². The van der Waals surface area contributed by atoms with Crippen LogP contribution < -0.4 is 0 Å². The molecule has 0 radical (unpaired) electrons. The van der Waals surface area contributed by atoms with Gasteiger partial charge in [-0.05, 0) is 131 Å². The molecule has 60 heavy (non-hydrogen) atoms. The van der Waals surface area contributed by atoms with Gasteiger partial charge in [-0.3, -0.25) is 0 Å². The molecule has 11 rings (SSSR count). The third kappa shape index (κ3) is 5.44. The molecule has 1 aliphatic carbocycles. The van der Waals surface area contributed by atoms with Gasteiger partial charge in [0.1, 0.15) is 10.0 Å². The molecule has 8 aromatic carbocycles. The van der Waals surface area contributed by atoms with E-state index in [2.05, 4.69) is 210 Å². The smallest absolute Gasteiger partial charge is 0.124 e. The van der Waals surface area contributed by atoms with Crippen LogP contribution in [-0.4, -0.2) is 9.97 Å². The van der Waals surface area contributed by atoms with Crippen molar-refractivity contribution >= 4 is 43.1 Å². The highest BCUT2D eigenvalue weighted by Gasteiger charge is 2.53. The lowest BCUT2D eigenvalue weighted by atomic mass is 9.50. The number of nitrogens with zero attached hydrogens (tertiary/aromatic N) is 2. The number of hydrogen-bond donors (Lipinski definition) is 0. The molecule has 0 saturated heterocycles. The maximum atomic E-state index is 5.23. The van der Waals surface area contributed by atoms with Gasteiger partial charge in [-0.15, -0.1) is 22.7 Å². The molecule has 288 valence electrons. The molecule has 0 atom stereocenters. The molecule has 2 nitrogen and oxygen atoms in total. The summed E-state index contributed by atoms with van der Waals surface area (Å²) >= 11 is 3.55. The number of rotatable bonds is 6. The maximum absolute atomic E-state index is 5.23. The molecule has 0 fully saturated rings. The lowest BCUT2D eigenvalue weighted by Gasteiger charge is -2.51. The minimum absolute atomic E-state index is 0.646. The Labute approximate surface area is 359 Å². The maximum Gasteiger partial charge on any atom is 0.124 e. The zero-order valence-corrected chi connectivity index (χ0v) is 35.7. The average Bonchev–Trinajstić information content (AvgIpc) is 3.90. The van der Waals surface area contributed by atoms with Crippen LogP contribution in [0, 0.1) is 27.7 Å². The molecular weight excluding hydrogens is 765 g/mol. The highest BCUT2D eigenvalue weighted by atomic mass is 32.1. The summed E-state index contributed by atoms with van der Waals surface area (Å²) in [5.41, 5.74) is 18.2. The summed E-state index contributed by atoms with van der Waals surface area (Å²) in [5, 5.41) is 2.07. The third-order valence-corrected chi connectivity index (χ3v) is 15.1. The molecule has 2 heterocycles. The van der Waals surface area contributed by atoms with E-state index in [0.717, 1.165) is 32.2 Å². The normalized spacial score (nSPS) is 17.1. The van der Waals surface area contributed by atoms with Gasteiger partial charge < -0.3 is 0 Å². The van der Waals surface area contributed by atoms with Gasteiger partial charge in [-0.1, -0.05) is 146 Å². The summed E-state index contributed by atoms with van der Waals surface area (Å²) in [6.07, 6.45) is 0. The quantitative estimate of drug-likeness (QED) is 0.167. The molecule has 1 aliphatic rings. The van der Waals surface area contributed by atoms with Crippen molar-refractivity contribution in [2.24, 2.45) is 0 Å². The van der Waals surface area contributed by atoms with Gasteiger partial charge in [0.25, 0.3) is 0 Å². The molecule has 0 amide bonds. The van der Waals surface area contributed by atoms with Gasteiger partial charge in [0, 0.05) is 11.1 Å². The zero-order valence-electron chi connectivity index (χ0n) is 34.0. The van der Waals surface area contributed by atoms with Crippen LogP contribution in [0.15, 0.2) is 182 Å². The Balaban J connectivity index is 1.21. The van der Waals surface area contributed by atoms with Crippen molar-refractivity contribution in [1.29, 1.82) is 0 Å². The number of hydrogen-bond acceptors (Lipinski definition) is 4. The Hall–Kier alpha value is -6.46. The summed E-state index contributed by atoms with van der Waals surface area (Å²) in [6.45, 7) is 8.71. The first kappa shape index (κ1) is 36.6. The standard InChI is InChI=1S/C56H42N2S2/c1-35-29-49-51(31-37(35)3)59-53(57-49)39-17-15-23-43(33-39)55(41-19-7-5-8-20-41)45-25-11-13-27-47(45)56(42-21-9-6-10-22-42,48-28-14-12-26-46(48)55)44-24-16-18-40(34-44)54-58-50-30-36(2)38(4)32-52(50)60-54/h5-34H,1-4H3. The van der Waals surface area contributed by atoms with E-state index < -0.39 is 10.8 Å². The summed E-state index contributed by atoms with van der Waals surface area (Å²) in [5.74, 6) is 0. The molecule has 2 aromatic heterocycles. The fourth-order valence-electron chi connectivity index (χ4n) is 9.90. The summed E-state index contributed by atoms with van der Waals surface area (Å²) in [6, 6.07) is 68.1. The largest absolute Gasteiger partial charge is 0.236 e. The van der Waals surface area contributed by atoms with E-state index in [9.17, 15) is 0 Å². The molecule has 0 saturated carbocycles. The predicted octanol–water partition coefficient (Wildman–Crippen LogP) is 14.6. The average molecular weight is 807 g/mol. The van der Waals surface area contributed by atoms with Crippen molar-refractivity contribution in [1.82, 2.24) is 9.97 Å². The lowest BCUT2D eigenvalue weighted by Crippen LogP contribution is -2.45. The van der Waals surface area contributed by atoms with Gasteiger partial charge in [0.15, 0.2) is 0 Å². The van der Waals surface area contributed by atoms with Crippen LogP contribution in [-0.2, 0) is 10.8 Å². The van der Waals surface area contributed by atoms with Crippen LogP contribution in [0.4, 0.5) is 0 Å². The number of aryl methyl sites for hydroxylation is 4. The summed E-state index contributed by atoms with van der Waals surface area (Å²) < 4.78 is 2.44. The van der Waals surface area contributed by atoms with E-state index in [1.54, 1.807) is 22.7 Å². The molecule has 0 N–H and O–H groups in total. The van der Waals surface area contributed by atoms with Gasteiger partial charge in [0.05, 0.1) is 31.3 Å². The van der Waals surface area contributed by atoms with Gasteiger partial charge >= 0.3 is 0 Å². The lowest BCUT2D eigenvalue weighted by molar-refractivity contribution is 0.615. The second kappa shape index (κ2) is 14.1. The molecule has 0 spiro atoms. The highest BCUT2D eigenvalue weighted by Crippen LogP contribution is 2.60. The summed E-state index contributed by atoms with van der Waals surface area (Å²) in [7, 11) is 0. The van der Waals surface area contributed by atoms with E-state index in [1.807, 2.05) is 0 Å². The molecule has 0 unspecified atom stereocenters. The number of fused-ring (bicyclic) bond motifs is 4. The van der Waals surface area contributed by atoms with E-state index in [1.165, 1.54) is 76.2 Å². The van der Waals surface area contributed by atoms with Crippen molar-refractivity contribution in [3.63, 3.8) is 0 Å². The van der Waals surface area contributed by atoms with Crippen molar-refractivity contribution in [2.75, 3.05) is 0 Å². The monoisotopic (exact) mass is 806 g/mol. The van der Waals surface area contributed by atoms with Crippen LogP contribution in [0.1, 0.15) is 66.8 Å². The van der Waals surface area contributed by atoms with Gasteiger partial charge in [0.2, 0.25) is 0 Å². The van der Waals surface area contributed by atoms with Crippen LogP contribution in [0.5, 0.6) is 0 Å². The molecule has 0 aliphatic heterocycles.